The number of nitrogens with one attached hydrogen (secondary N) is 3. The predicted molar refractivity (Wildman–Crippen MR) is 64.4 cm³/mol. The summed E-state index contributed by atoms with van der Waals surface area (Å²) in [6.07, 6.45) is 2.95. The first-order chi connectivity index (χ1) is 8.09. The molecule has 17 heavy (non-hydrogen) atoms. The second-order valence-corrected chi connectivity index (χ2v) is 4.28. The summed E-state index contributed by atoms with van der Waals surface area (Å²) in [5.74, 6) is 0. The van der Waals surface area contributed by atoms with Crippen molar-refractivity contribution in [1.82, 2.24) is 20.8 Å². The fourth-order valence-electron chi connectivity index (χ4n) is 1.45. The number of hydrogen-bond acceptors (Lipinski definition) is 3. The van der Waals surface area contributed by atoms with Crippen LogP contribution in [0.2, 0.25) is 0 Å². The first-order valence-electron chi connectivity index (χ1n) is 5.75. The van der Waals surface area contributed by atoms with Crippen molar-refractivity contribution < 1.29 is 9.90 Å². The third-order valence-electron chi connectivity index (χ3n) is 2.86. The normalized spacial score (nSPS) is 14.1. The first-order valence-corrected chi connectivity index (χ1v) is 5.75. The summed E-state index contributed by atoms with van der Waals surface area (Å²) >= 11 is 0. The Morgan fingerprint density at radius 3 is 2.94 bits per heavy atom. The zero-order valence-corrected chi connectivity index (χ0v) is 10.3. The molecule has 1 rings (SSSR count). The van der Waals surface area contributed by atoms with Gasteiger partial charge < -0.3 is 15.7 Å². The predicted octanol–water partition coefficient (Wildman–Crippen LogP) is 0.760. The molecule has 0 saturated heterocycles. The van der Waals surface area contributed by atoms with Crippen LogP contribution in [-0.4, -0.2) is 33.5 Å². The number of aromatic amines is 1. The van der Waals surface area contributed by atoms with E-state index in [9.17, 15) is 4.79 Å². The Morgan fingerprint density at radius 1 is 1.65 bits per heavy atom. The Kier molecular flexibility index (Phi) is 4.96. The maximum Gasteiger partial charge on any atom is 0.315 e. The minimum absolute atomic E-state index is 0.0607. The van der Waals surface area contributed by atoms with E-state index in [1.807, 2.05) is 13.8 Å². The molecule has 0 bridgehead atoms. The topological polar surface area (TPSA) is 90.0 Å². The van der Waals surface area contributed by atoms with Crippen molar-refractivity contribution in [2.45, 2.75) is 38.8 Å². The van der Waals surface area contributed by atoms with Crippen LogP contribution < -0.4 is 10.6 Å². The minimum atomic E-state index is -0.368. The highest BCUT2D eigenvalue weighted by Gasteiger charge is 2.23. The molecule has 1 atom stereocenters. The van der Waals surface area contributed by atoms with Gasteiger partial charge in [-0.3, -0.25) is 5.10 Å². The van der Waals surface area contributed by atoms with Crippen LogP contribution in [0.4, 0.5) is 4.79 Å². The summed E-state index contributed by atoms with van der Waals surface area (Å²) < 4.78 is 0. The van der Waals surface area contributed by atoms with E-state index < -0.39 is 0 Å². The molecule has 96 valence electrons. The van der Waals surface area contributed by atoms with Crippen LogP contribution in [0.1, 0.15) is 32.4 Å². The molecule has 0 saturated carbocycles. The van der Waals surface area contributed by atoms with Gasteiger partial charge in [-0.05, 0) is 25.8 Å². The zero-order valence-electron chi connectivity index (χ0n) is 10.3. The number of carbonyl (C=O) groups is 1. The van der Waals surface area contributed by atoms with Crippen LogP contribution in [0.15, 0.2) is 12.3 Å². The van der Waals surface area contributed by atoms with Crippen LogP contribution in [-0.2, 0) is 6.54 Å². The number of nitrogens with zero attached hydrogens (tertiary/aromatic N) is 1. The summed E-state index contributed by atoms with van der Waals surface area (Å²) in [6, 6.07) is 1.56. The van der Waals surface area contributed by atoms with E-state index >= 15 is 0 Å². The molecular weight excluding hydrogens is 220 g/mol. The number of H-pyrrole nitrogens is 1. The van der Waals surface area contributed by atoms with Gasteiger partial charge in [0.25, 0.3) is 0 Å². The van der Waals surface area contributed by atoms with Crippen molar-refractivity contribution in [3.05, 3.63) is 18.0 Å². The van der Waals surface area contributed by atoms with Gasteiger partial charge in [0.05, 0.1) is 12.2 Å². The number of aliphatic hydroxyl groups is 1. The standard InChI is InChI=1S/C11H20N4O2/c1-3-11(2,5-7-16)14-10(17)12-8-9-4-6-13-15-9/h4,6,16H,3,5,7-8H2,1-2H3,(H,13,15)(H2,12,14,17). The number of urea groups is 1. The third-order valence-corrected chi connectivity index (χ3v) is 2.86. The van der Waals surface area contributed by atoms with Gasteiger partial charge in [-0.25, -0.2) is 4.79 Å². The van der Waals surface area contributed by atoms with E-state index in [0.29, 0.717) is 13.0 Å². The second-order valence-electron chi connectivity index (χ2n) is 4.28. The fraction of sp³-hybridized carbons (Fsp3) is 0.636. The van der Waals surface area contributed by atoms with E-state index in [1.54, 1.807) is 12.3 Å². The van der Waals surface area contributed by atoms with Gasteiger partial charge in [-0.2, -0.15) is 5.10 Å². The van der Waals surface area contributed by atoms with Crippen LogP contribution in [0, 0.1) is 0 Å². The molecule has 0 aromatic carbocycles. The third kappa shape index (κ3) is 4.44. The summed E-state index contributed by atoms with van der Waals surface area (Å²) in [4.78, 5) is 11.6. The van der Waals surface area contributed by atoms with Gasteiger partial charge >= 0.3 is 6.03 Å². The highest BCUT2D eigenvalue weighted by Crippen LogP contribution is 2.13. The molecule has 1 aromatic rings. The molecule has 6 heteroatoms. The SMILES string of the molecule is CCC(C)(CCO)NC(=O)NCc1ccn[nH]1. The lowest BCUT2D eigenvalue weighted by Gasteiger charge is -2.28. The van der Waals surface area contributed by atoms with Crippen molar-refractivity contribution >= 4 is 6.03 Å². The monoisotopic (exact) mass is 240 g/mol. The molecular formula is C11H20N4O2. The highest BCUT2D eigenvalue weighted by molar-refractivity contribution is 5.74. The fourth-order valence-corrected chi connectivity index (χ4v) is 1.45. The van der Waals surface area contributed by atoms with E-state index in [0.717, 1.165) is 12.1 Å². The molecule has 1 heterocycles. The van der Waals surface area contributed by atoms with Crippen LogP contribution in [0.5, 0.6) is 0 Å². The van der Waals surface area contributed by atoms with Gasteiger partial charge in [0.2, 0.25) is 0 Å². The lowest BCUT2D eigenvalue weighted by Crippen LogP contribution is -2.50. The molecule has 2 amide bonds. The van der Waals surface area contributed by atoms with E-state index in [1.165, 1.54) is 0 Å². The smallest absolute Gasteiger partial charge is 0.315 e. The molecule has 0 fully saturated rings. The zero-order chi connectivity index (χ0) is 12.7. The van der Waals surface area contributed by atoms with Gasteiger partial charge in [0, 0.05) is 18.3 Å². The number of rotatable bonds is 6. The van der Waals surface area contributed by atoms with Gasteiger partial charge in [0.1, 0.15) is 0 Å². The van der Waals surface area contributed by atoms with Gasteiger partial charge in [-0.15, -0.1) is 0 Å². The second kappa shape index (κ2) is 6.24. The first kappa shape index (κ1) is 13.5. The Labute approximate surface area is 101 Å². The Balaban J connectivity index is 2.37. The Hall–Kier alpha value is -1.56. The highest BCUT2D eigenvalue weighted by atomic mass is 16.3. The molecule has 0 spiro atoms. The number of aliphatic hydroxyl groups excluding tert-OH is 1. The molecule has 6 nitrogen and oxygen atoms in total. The van der Waals surface area contributed by atoms with Crippen molar-refractivity contribution in [2.75, 3.05) is 6.61 Å². The summed E-state index contributed by atoms with van der Waals surface area (Å²) in [5, 5.41) is 21.1. The van der Waals surface area contributed by atoms with E-state index in [-0.39, 0.29) is 18.2 Å². The van der Waals surface area contributed by atoms with E-state index in [2.05, 4.69) is 20.8 Å². The molecule has 0 aliphatic heterocycles. The van der Waals surface area contributed by atoms with Crippen molar-refractivity contribution in [2.24, 2.45) is 0 Å². The van der Waals surface area contributed by atoms with E-state index in [4.69, 9.17) is 5.11 Å². The van der Waals surface area contributed by atoms with Crippen LogP contribution in [0.25, 0.3) is 0 Å². The summed E-state index contributed by atoms with van der Waals surface area (Å²) in [5.41, 5.74) is 0.479. The maximum atomic E-state index is 11.6. The van der Waals surface area contributed by atoms with Crippen molar-refractivity contribution in [3.63, 3.8) is 0 Å². The minimum Gasteiger partial charge on any atom is -0.396 e. The van der Waals surface area contributed by atoms with Crippen molar-refractivity contribution in [1.29, 1.82) is 0 Å². The Morgan fingerprint density at radius 2 is 2.41 bits per heavy atom. The molecule has 0 aliphatic carbocycles. The average Bonchev–Trinajstić information content (AvgIpc) is 2.79. The van der Waals surface area contributed by atoms with Crippen LogP contribution in [0.3, 0.4) is 0 Å². The van der Waals surface area contributed by atoms with Gasteiger partial charge in [0.15, 0.2) is 0 Å². The molecule has 1 unspecified atom stereocenters. The maximum absolute atomic E-state index is 11.6. The average molecular weight is 240 g/mol. The quantitative estimate of drug-likeness (QED) is 0.591. The molecule has 4 N–H and O–H groups in total. The van der Waals surface area contributed by atoms with Gasteiger partial charge in [-0.1, -0.05) is 6.92 Å². The van der Waals surface area contributed by atoms with Crippen molar-refractivity contribution in [3.8, 4) is 0 Å². The lowest BCUT2D eigenvalue weighted by molar-refractivity contribution is 0.200. The number of hydrogen-bond donors (Lipinski definition) is 4. The molecule has 0 aliphatic rings. The lowest BCUT2D eigenvalue weighted by atomic mass is 9.95. The largest absolute Gasteiger partial charge is 0.396 e. The van der Waals surface area contributed by atoms with Crippen LogP contribution >= 0.6 is 0 Å². The number of amides is 2. The summed E-state index contributed by atoms with van der Waals surface area (Å²) in [6.45, 7) is 4.36. The molecule has 1 aromatic heterocycles. The molecule has 0 radical (unpaired) electrons. The summed E-state index contributed by atoms with van der Waals surface area (Å²) in [7, 11) is 0. The number of aromatic nitrogens is 2. The number of carbonyl (C=O) groups excluding carboxylic acids is 1. The Bertz CT molecular complexity index is 339.